The number of tetrazole rings is 1. The van der Waals surface area contributed by atoms with Crippen molar-refractivity contribution in [2.75, 3.05) is 39.5 Å². The van der Waals surface area contributed by atoms with Gasteiger partial charge in [0, 0.05) is 30.1 Å². The molecule has 180 valence electrons. The van der Waals surface area contributed by atoms with E-state index in [1.54, 1.807) is 22.9 Å². The van der Waals surface area contributed by atoms with E-state index in [0.717, 1.165) is 10.9 Å². The number of fused-ring (bicyclic) bond motifs is 2. The van der Waals surface area contributed by atoms with E-state index in [9.17, 15) is 9.18 Å². The quantitative estimate of drug-likeness (QED) is 0.464. The molecule has 2 aliphatic rings. The van der Waals surface area contributed by atoms with Gasteiger partial charge in [0.2, 0.25) is 0 Å². The molecule has 0 radical (unpaired) electrons. The highest BCUT2D eigenvalue weighted by atomic mass is 19.1. The largest absolute Gasteiger partial charge is 0.486 e. The van der Waals surface area contributed by atoms with Gasteiger partial charge in [-0.15, -0.1) is 5.10 Å². The number of hydrogen-bond acceptors (Lipinski definition) is 8. The maximum atomic E-state index is 13.4. The summed E-state index contributed by atoms with van der Waals surface area (Å²) in [5.74, 6) is 1.47. The van der Waals surface area contributed by atoms with Gasteiger partial charge in [-0.1, -0.05) is 12.1 Å². The molecule has 4 aromatic rings. The van der Waals surface area contributed by atoms with E-state index in [1.165, 1.54) is 12.1 Å². The normalized spacial score (nSPS) is 16.9. The first kappa shape index (κ1) is 21.7. The van der Waals surface area contributed by atoms with Gasteiger partial charge >= 0.3 is 0 Å². The van der Waals surface area contributed by atoms with Crippen LogP contribution in [0.1, 0.15) is 23.0 Å². The third kappa shape index (κ3) is 4.24. The second-order valence-corrected chi connectivity index (χ2v) is 8.51. The smallest absolute Gasteiger partial charge is 0.253 e. The molecule has 0 bridgehead atoms. The van der Waals surface area contributed by atoms with Crippen LogP contribution in [-0.2, 0) is 11.3 Å². The molecule has 10 nitrogen and oxygen atoms in total. The Morgan fingerprint density at radius 2 is 1.74 bits per heavy atom. The fourth-order valence-electron chi connectivity index (χ4n) is 4.58. The zero-order chi connectivity index (χ0) is 23.8. The molecule has 2 aromatic carbocycles. The third-order valence-electron chi connectivity index (χ3n) is 6.29. The van der Waals surface area contributed by atoms with Crippen LogP contribution in [-0.4, -0.2) is 69.6 Å². The van der Waals surface area contributed by atoms with Crippen molar-refractivity contribution in [1.29, 1.82) is 0 Å². The van der Waals surface area contributed by atoms with E-state index in [-0.39, 0.29) is 11.4 Å². The van der Waals surface area contributed by atoms with Crippen LogP contribution in [0.3, 0.4) is 0 Å². The summed E-state index contributed by atoms with van der Waals surface area (Å²) in [6, 6.07) is 11.2. The summed E-state index contributed by atoms with van der Waals surface area (Å²) in [5.41, 5.74) is 1.79. The zero-order valence-electron chi connectivity index (χ0n) is 18.8. The summed E-state index contributed by atoms with van der Waals surface area (Å²) in [4.78, 5) is 18.5. The fraction of sp³-hybridized carbons (Fsp3) is 0.333. The Labute approximate surface area is 199 Å². The molecule has 0 spiro atoms. The van der Waals surface area contributed by atoms with Crippen molar-refractivity contribution in [3.05, 3.63) is 75.6 Å². The number of hydrogen-bond donors (Lipinski definition) is 1. The number of rotatable bonds is 5. The fourth-order valence-corrected chi connectivity index (χ4v) is 4.58. The van der Waals surface area contributed by atoms with Gasteiger partial charge in [0.1, 0.15) is 25.1 Å². The van der Waals surface area contributed by atoms with E-state index in [1.807, 2.05) is 12.1 Å². The average Bonchev–Trinajstić information content (AvgIpc) is 3.33. The van der Waals surface area contributed by atoms with E-state index >= 15 is 0 Å². The van der Waals surface area contributed by atoms with Crippen LogP contribution in [0.4, 0.5) is 4.39 Å². The van der Waals surface area contributed by atoms with Crippen LogP contribution in [0.15, 0.2) is 47.3 Å². The first-order valence-corrected chi connectivity index (χ1v) is 11.4. The highest BCUT2D eigenvalue weighted by molar-refractivity contribution is 5.83. The first-order valence-electron chi connectivity index (χ1n) is 11.4. The van der Waals surface area contributed by atoms with Crippen LogP contribution in [0.2, 0.25) is 0 Å². The Morgan fingerprint density at radius 1 is 1.00 bits per heavy atom. The standard InChI is InChI=1S/C24H23FN6O4/c25-17-3-1-15(2-4-17)14-31-23(27-28-29-31)22(30-5-7-33-8-6-30)18-11-16-12-20-21(35-10-9-34-20)13-19(16)26-24(18)32/h1-4,11-13,22H,5-10,14H2,(H,26,32). The van der Waals surface area contributed by atoms with Gasteiger partial charge in [0.25, 0.3) is 5.56 Å². The number of ether oxygens (including phenoxy) is 3. The molecular formula is C24H23FN6O4. The third-order valence-corrected chi connectivity index (χ3v) is 6.29. The predicted molar refractivity (Wildman–Crippen MR) is 123 cm³/mol. The molecule has 11 heteroatoms. The van der Waals surface area contributed by atoms with Crippen molar-refractivity contribution < 1.29 is 18.6 Å². The second kappa shape index (κ2) is 9.08. The Bertz CT molecular complexity index is 1410. The number of aromatic amines is 1. The van der Waals surface area contributed by atoms with Gasteiger partial charge < -0.3 is 19.2 Å². The number of benzene rings is 2. The van der Waals surface area contributed by atoms with Crippen molar-refractivity contribution in [3.63, 3.8) is 0 Å². The van der Waals surface area contributed by atoms with Crippen molar-refractivity contribution >= 4 is 10.9 Å². The molecule has 1 fully saturated rings. The van der Waals surface area contributed by atoms with Crippen molar-refractivity contribution in [3.8, 4) is 11.5 Å². The molecule has 1 unspecified atom stereocenters. The maximum Gasteiger partial charge on any atom is 0.253 e. The molecule has 6 rings (SSSR count). The lowest BCUT2D eigenvalue weighted by Gasteiger charge is -2.33. The van der Waals surface area contributed by atoms with Crippen LogP contribution >= 0.6 is 0 Å². The molecule has 0 amide bonds. The number of pyridine rings is 1. The van der Waals surface area contributed by atoms with Crippen molar-refractivity contribution in [2.45, 2.75) is 12.6 Å². The summed E-state index contributed by atoms with van der Waals surface area (Å²) < 4.78 is 32.0. The molecule has 1 N–H and O–H groups in total. The van der Waals surface area contributed by atoms with Gasteiger partial charge in [-0.25, -0.2) is 9.07 Å². The number of morpholine rings is 1. The van der Waals surface area contributed by atoms with E-state index < -0.39 is 6.04 Å². The SMILES string of the molecule is O=c1[nH]c2cc3c(cc2cc1C(c1nnnn1Cc1ccc(F)cc1)N1CCOCC1)OCCO3. The molecule has 0 saturated carbocycles. The maximum absolute atomic E-state index is 13.4. The summed E-state index contributed by atoms with van der Waals surface area (Å²) in [5, 5.41) is 13.2. The summed E-state index contributed by atoms with van der Waals surface area (Å²) in [7, 11) is 0. The summed E-state index contributed by atoms with van der Waals surface area (Å²) >= 11 is 0. The monoisotopic (exact) mass is 478 g/mol. The molecule has 0 aliphatic carbocycles. The number of aromatic nitrogens is 5. The van der Waals surface area contributed by atoms with Crippen LogP contribution in [0, 0.1) is 5.82 Å². The lowest BCUT2D eigenvalue weighted by atomic mass is 10.0. The van der Waals surface area contributed by atoms with Gasteiger partial charge in [0.15, 0.2) is 17.3 Å². The van der Waals surface area contributed by atoms with Crippen molar-refractivity contribution in [1.82, 2.24) is 30.1 Å². The molecule has 1 saturated heterocycles. The van der Waals surface area contributed by atoms with Gasteiger partial charge in [-0.2, -0.15) is 0 Å². The Hall–Kier alpha value is -3.83. The average molecular weight is 478 g/mol. The van der Waals surface area contributed by atoms with Gasteiger partial charge in [-0.05, 0) is 40.3 Å². The molecule has 35 heavy (non-hydrogen) atoms. The van der Waals surface area contributed by atoms with Crippen LogP contribution in [0.25, 0.3) is 10.9 Å². The van der Waals surface area contributed by atoms with E-state index in [4.69, 9.17) is 14.2 Å². The van der Waals surface area contributed by atoms with Crippen LogP contribution in [0.5, 0.6) is 11.5 Å². The number of halogens is 1. The zero-order valence-corrected chi connectivity index (χ0v) is 18.8. The molecule has 1 atom stereocenters. The van der Waals surface area contributed by atoms with E-state index in [0.29, 0.717) is 74.5 Å². The Morgan fingerprint density at radius 3 is 2.51 bits per heavy atom. The minimum Gasteiger partial charge on any atom is -0.486 e. The minimum atomic E-state index is -0.504. The molecule has 2 aliphatic heterocycles. The Kier molecular flexibility index (Phi) is 5.63. The van der Waals surface area contributed by atoms with Gasteiger partial charge in [-0.3, -0.25) is 9.69 Å². The molecule has 4 heterocycles. The Balaban J connectivity index is 1.45. The van der Waals surface area contributed by atoms with E-state index in [2.05, 4.69) is 25.4 Å². The second-order valence-electron chi connectivity index (χ2n) is 8.51. The lowest BCUT2D eigenvalue weighted by molar-refractivity contribution is 0.0214. The summed E-state index contributed by atoms with van der Waals surface area (Å²) in [6.07, 6.45) is 0. The van der Waals surface area contributed by atoms with Gasteiger partial charge in [0.05, 0.1) is 25.3 Å². The van der Waals surface area contributed by atoms with Crippen molar-refractivity contribution in [2.24, 2.45) is 0 Å². The molecule has 2 aromatic heterocycles. The lowest BCUT2D eigenvalue weighted by Crippen LogP contribution is -2.42. The predicted octanol–water partition coefficient (Wildman–Crippen LogP) is 1.89. The van der Waals surface area contributed by atoms with Crippen LogP contribution < -0.4 is 15.0 Å². The highest BCUT2D eigenvalue weighted by Gasteiger charge is 2.32. The highest BCUT2D eigenvalue weighted by Crippen LogP contribution is 2.35. The molecular weight excluding hydrogens is 455 g/mol. The number of nitrogens with zero attached hydrogens (tertiary/aromatic N) is 5. The first-order chi connectivity index (χ1) is 17.2. The minimum absolute atomic E-state index is 0.234. The summed E-state index contributed by atoms with van der Waals surface area (Å²) in [6.45, 7) is 3.60. The number of nitrogens with one attached hydrogen (secondary N) is 1. The topological polar surface area (TPSA) is 107 Å². The number of H-pyrrole nitrogens is 1.